The lowest BCUT2D eigenvalue weighted by Gasteiger charge is -2.14. The van der Waals surface area contributed by atoms with Crippen LogP contribution in [-0.4, -0.2) is 26.8 Å². The van der Waals surface area contributed by atoms with Crippen molar-refractivity contribution >= 4 is 33.2 Å². The number of hydrogen-bond acceptors (Lipinski definition) is 5. The molecule has 8 nitrogen and oxygen atoms in total. The molecule has 0 aliphatic carbocycles. The first kappa shape index (κ1) is 22.8. The van der Waals surface area contributed by atoms with Crippen molar-refractivity contribution < 1.29 is 27.1 Å². The maximum Gasteiger partial charge on any atom is 0.262 e. The highest BCUT2D eigenvalue weighted by molar-refractivity contribution is 7.92. The Morgan fingerprint density at radius 1 is 0.906 bits per heavy atom. The summed E-state index contributed by atoms with van der Waals surface area (Å²) < 4.78 is 46.0. The third kappa shape index (κ3) is 6.29. The molecular formula is C22H20FN3O5S. The predicted octanol–water partition coefficient (Wildman–Crippen LogP) is 2.67. The van der Waals surface area contributed by atoms with Gasteiger partial charge < -0.3 is 15.8 Å². The van der Waals surface area contributed by atoms with Crippen molar-refractivity contribution in [2.75, 3.05) is 16.6 Å². The van der Waals surface area contributed by atoms with Gasteiger partial charge in [-0.05, 0) is 54.1 Å². The van der Waals surface area contributed by atoms with Gasteiger partial charge in [0, 0.05) is 0 Å². The van der Waals surface area contributed by atoms with E-state index in [9.17, 15) is 22.4 Å². The van der Waals surface area contributed by atoms with E-state index in [1.54, 1.807) is 36.4 Å². The lowest BCUT2D eigenvalue weighted by Crippen LogP contribution is -2.22. The Morgan fingerprint density at radius 3 is 2.16 bits per heavy atom. The fourth-order valence-electron chi connectivity index (χ4n) is 2.74. The number of primary amides is 1. The molecule has 3 rings (SSSR count). The molecule has 0 heterocycles. The zero-order valence-electron chi connectivity index (χ0n) is 16.7. The van der Waals surface area contributed by atoms with Gasteiger partial charge in [-0.15, -0.1) is 0 Å². The normalized spacial score (nSPS) is 10.9. The quantitative estimate of drug-likeness (QED) is 0.455. The smallest absolute Gasteiger partial charge is 0.262 e. The van der Waals surface area contributed by atoms with Gasteiger partial charge in [-0.25, -0.2) is 12.8 Å². The second-order valence-corrected chi connectivity index (χ2v) is 8.41. The minimum atomic E-state index is -3.99. The summed E-state index contributed by atoms with van der Waals surface area (Å²) in [5, 5.41) is 2.59. The molecule has 2 amide bonds. The number of benzene rings is 3. The van der Waals surface area contributed by atoms with Crippen LogP contribution in [0.3, 0.4) is 0 Å². The number of sulfonamides is 1. The number of carbonyl (C=O) groups is 2. The van der Waals surface area contributed by atoms with Crippen LogP contribution < -0.4 is 20.5 Å². The van der Waals surface area contributed by atoms with E-state index in [1.165, 1.54) is 12.1 Å². The second-order valence-electron chi connectivity index (χ2n) is 6.73. The van der Waals surface area contributed by atoms with Crippen LogP contribution in [0, 0.1) is 5.82 Å². The standard InChI is InChI=1S/C22H20FN3O5S/c23-16-7-11-18(12-8-16)32(29,30)26-20-4-2-1-3-19(20)25-22(28)14-31-17-9-5-15(6-10-17)13-21(24)27/h1-12,26H,13-14H2,(H2,24,27)(H,25,28). The van der Waals surface area contributed by atoms with E-state index in [1.807, 2.05) is 0 Å². The van der Waals surface area contributed by atoms with Crippen molar-refractivity contribution in [1.82, 2.24) is 0 Å². The van der Waals surface area contributed by atoms with Crippen molar-refractivity contribution in [1.29, 1.82) is 0 Å². The summed E-state index contributed by atoms with van der Waals surface area (Å²) in [6.07, 6.45) is 0.103. The number of anilines is 2. The van der Waals surface area contributed by atoms with Crippen LogP contribution in [0.2, 0.25) is 0 Å². The number of carbonyl (C=O) groups excluding carboxylic acids is 2. The third-order valence-corrected chi connectivity index (χ3v) is 5.62. The van der Waals surface area contributed by atoms with Crippen LogP contribution in [0.5, 0.6) is 5.75 Å². The molecule has 0 spiro atoms. The molecule has 32 heavy (non-hydrogen) atoms. The van der Waals surface area contributed by atoms with Gasteiger partial charge in [-0.2, -0.15) is 0 Å². The van der Waals surface area contributed by atoms with Crippen molar-refractivity contribution in [2.45, 2.75) is 11.3 Å². The van der Waals surface area contributed by atoms with Crippen LogP contribution in [0.4, 0.5) is 15.8 Å². The van der Waals surface area contributed by atoms with Gasteiger partial charge in [-0.3, -0.25) is 14.3 Å². The molecular weight excluding hydrogens is 437 g/mol. The second kappa shape index (κ2) is 9.92. The van der Waals surface area contributed by atoms with Gasteiger partial charge in [0.1, 0.15) is 11.6 Å². The monoisotopic (exact) mass is 457 g/mol. The fourth-order valence-corrected chi connectivity index (χ4v) is 3.82. The lowest BCUT2D eigenvalue weighted by molar-refractivity contribution is -0.118. The maximum absolute atomic E-state index is 13.1. The maximum atomic E-state index is 13.1. The van der Waals surface area contributed by atoms with E-state index in [4.69, 9.17) is 10.5 Å². The van der Waals surface area contributed by atoms with Crippen LogP contribution >= 0.6 is 0 Å². The van der Waals surface area contributed by atoms with Crippen molar-refractivity contribution in [3.05, 3.63) is 84.2 Å². The minimum absolute atomic E-state index is 0.103. The number of rotatable bonds is 9. The number of hydrogen-bond donors (Lipinski definition) is 3. The predicted molar refractivity (Wildman–Crippen MR) is 117 cm³/mol. The zero-order valence-corrected chi connectivity index (χ0v) is 17.6. The first-order chi connectivity index (χ1) is 15.2. The first-order valence-electron chi connectivity index (χ1n) is 9.40. The van der Waals surface area contributed by atoms with Crippen LogP contribution in [0.1, 0.15) is 5.56 Å². The van der Waals surface area contributed by atoms with Crippen molar-refractivity contribution in [3.63, 3.8) is 0 Å². The molecule has 0 fully saturated rings. The number of nitrogens with one attached hydrogen (secondary N) is 2. The molecule has 0 aromatic heterocycles. The molecule has 4 N–H and O–H groups in total. The Kier molecular flexibility index (Phi) is 7.06. The Bertz CT molecular complexity index is 1210. The fraction of sp³-hybridized carbons (Fsp3) is 0.0909. The molecule has 0 radical (unpaired) electrons. The SMILES string of the molecule is NC(=O)Cc1ccc(OCC(=O)Nc2ccccc2NS(=O)(=O)c2ccc(F)cc2)cc1. The molecule has 10 heteroatoms. The third-order valence-electron chi connectivity index (χ3n) is 4.24. The van der Waals surface area contributed by atoms with Gasteiger partial charge in [0.2, 0.25) is 5.91 Å². The summed E-state index contributed by atoms with van der Waals surface area (Å²) >= 11 is 0. The number of ether oxygens (including phenoxy) is 1. The molecule has 166 valence electrons. The highest BCUT2D eigenvalue weighted by atomic mass is 32.2. The van der Waals surface area contributed by atoms with Gasteiger partial charge in [0.05, 0.1) is 22.7 Å². The van der Waals surface area contributed by atoms with Crippen molar-refractivity contribution in [3.8, 4) is 5.75 Å². The summed E-state index contributed by atoms with van der Waals surface area (Å²) in [6.45, 7) is -0.325. The lowest BCUT2D eigenvalue weighted by atomic mass is 10.1. The van der Waals surface area contributed by atoms with Crippen LogP contribution in [-0.2, 0) is 26.0 Å². The Balaban J connectivity index is 1.63. The molecule has 0 aliphatic heterocycles. The molecule has 3 aromatic carbocycles. The van der Waals surface area contributed by atoms with E-state index >= 15 is 0 Å². The van der Waals surface area contributed by atoms with E-state index < -0.39 is 27.7 Å². The first-order valence-corrected chi connectivity index (χ1v) is 10.9. The summed E-state index contributed by atoms with van der Waals surface area (Å²) in [4.78, 5) is 23.1. The summed E-state index contributed by atoms with van der Waals surface area (Å²) in [7, 11) is -3.99. The highest BCUT2D eigenvalue weighted by Crippen LogP contribution is 2.24. The van der Waals surface area contributed by atoms with E-state index in [0.717, 1.165) is 29.8 Å². The van der Waals surface area contributed by atoms with E-state index in [-0.39, 0.29) is 29.3 Å². The molecule has 0 atom stereocenters. The molecule has 0 unspecified atom stereocenters. The Labute approximate surface area is 184 Å². The number of nitrogens with two attached hydrogens (primary N) is 1. The number of amides is 2. The summed E-state index contributed by atoms with van der Waals surface area (Å²) in [5.41, 5.74) is 6.23. The molecule has 0 saturated heterocycles. The van der Waals surface area contributed by atoms with Crippen LogP contribution in [0.15, 0.2) is 77.7 Å². The molecule has 3 aromatic rings. The van der Waals surface area contributed by atoms with Crippen LogP contribution in [0.25, 0.3) is 0 Å². The Morgan fingerprint density at radius 2 is 1.53 bits per heavy atom. The average Bonchev–Trinajstić information content (AvgIpc) is 2.74. The zero-order chi connectivity index (χ0) is 23.1. The molecule has 0 aliphatic rings. The van der Waals surface area contributed by atoms with Gasteiger partial charge in [-0.1, -0.05) is 24.3 Å². The topological polar surface area (TPSA) is 128 Å². The van der Waals surface area contributed by atoms with E-state index in [2.05, 4.69) is 10.0 Å². The number of para-hydroxylation sites is 2. The van der Waals surface area contributed by atoms with Gasteiger partial charge in [0.15, 0.2) is 6.61 Å². The molecule has 0 bridgehead atoms. The van der Waals surface area contributed by atoms with Gasteiger partial charge in [0.25, 0.3) is 15.9 Å². The summed E-state index contributed by atoms with van der Waals surface area (Å²) in [5.74, 6) is -1.11. The highest BCUT2D eigenvalue weighted by Gasteiger charge is 2.17. The average molecular weight is 457 g/mol. The van der Waals surface area contributed by atoms with E-state index in [0.29, 0.717) is 5.75 Å². The summed E-state index contributed by atoms with van der Waals surface area (Å²) in [6, 6.07) is 17.1. The minimum Gasteiger partial charge on any atom is -0.484 e. The Hall–Kier alpha value is -3.92. The van der Waals surface area contributed by atoms with Crippen molar-refractivity contribution in [2.24, 2.45) is 5.73 Å². The molecule has 0 saturated carbocycles. The largest absolute Gasteiger partial charge is 0.484 e. The number of halogens is 1. The van der Waals surface area contributed by atoms with Gasteiger partial charge >= 0.3 is 0 Å².